The molecule has 0 radical (unpaired) electrons. The third-order valence-electron chi connectivity index (χ3n) is 4.64. The Morgan fingerprint density at radius 3 is 3.05 bits per heavy atom. The molecule has 1 fully saturated rings. The third kappa shape index (κ3) is 2.86. The van der Waals surface area contributed by atoms with Crippen molar-refractivity contribution in [2.24, 2.45) is 5.92 Å². The van der Waals surface area contributed by atoms with E-state index in [0.29, 0.717) is 6.04 Å². The van der Waals surface area contributed by atoms with Crippen molar-refractivity contribution in [3.05, 3.63) is 10.6 Å². The van der Waals surface area contributed by atoms with Crippen molar-refractivity contribution >= 4 is 16.5 Å². The Kier molecular flexibility index (Phi) is 4.61. The van der Waals surface area contributed by atoms with E-state index in [2.05, 4.69) is 24.1 Å². The van der Waals surface area contributed by atoms with E-state index in [1.807, 2.05) is 11.3 Å². The summed E-state index contributed by atoms with van der Waals surface area (Å²) in [5.74, 6) is 0.894. The predicted octanol–water partition coefficient (Wildman–Crippen LogP) is 3.76. The number of hydrogen-bond donors (Lipinski definition) is 1. The number of nitrogens with one attached hydrogen (secondary N) is 1. The number of fused-ring (bicyclic) bond motifs is 1. The van der Waals surface area contributed by atoms with Crippen LogP contribution in [0.25, 0.3) is 0 Å². The zero-order valence-electron chi connectivity index (χ0n) is 12.8. The standard InChI is InChI=1S/C16H27N3S/c1-3-6-12-9-10-19(11-12)16-18-14-8-5-7-13(17-4-2)15(14)20-16/h12-13,17H,3-11H2,1-2H3. The second-order valence-corrected chi connectivity index (χ2v) is 7.21. The maximum absolute atomic E-state index is 4.96. The Morgan fingerprint density at radius 2 is 2.25 bits per heavy atom. The van der Waals surface area contributed by atoms with Gasteiger partial charge in [-0.3, -0.25) is 0 Å². The molecule has 0 bridgehead atoms. The first-order valence-corrected chi connectivity index (χ1v) is 9.11. The monoisotopic (exact) mass is 293 g/mol. The summed E-state index contributed by atoms with van der Waals surface area (Å²) in [5.41, 5.74) is 1.38. The highest BCUT2D eigenvalue weighted by Gasteiger charge is 2.28. The van der Waals surface area contributed by atoms with E-state index in [4.69, 9.17) is 4.98 Å². The zero-order chi connectivity index (χ0) is 13.9. The number of hydrogen-bond acceptors (Lipinski definition) is 4. The van der Waals surface area contributed by atoms with E-state index >= 15 is 0 Å². The molecule has 2 aliphatic rings. The smallest absolute Gasteiger partial charge is 0.185 e. The number of aromatic nitrogens is 1. The minimum absolute atomic E-state index is 0.559. The van der Waals surface area contributed by atoms with Crippen molar-refractivity contribution in [1.29, 1.82) is 0 Å². The van der Waals surface area contributed by atoms with Crippen LogP contribution in [0.4, 0.5) is 5.13 Å². The van der Waals surface area contributed by atoms with E-state index in [1.165, 1.54) is 67.3 Å². The molecule has 3 rings (SSSR count). The topological polar surface area (TPSA) is 28.2 Å². The molecule has 1 N–H and O–H groups in total. The predicted molar refractivity (Wildman–Crippen MR) is 86.7 cm³/mol. The largest absolute Gasteiger partial charge is 0.348 e. The van der Waals surface area contributed by atoms with Gasteiger partial charge in [0.25, 0.3) is 0 Å². The highest BCUT2D eigenvalue weighted by Crippen LogP contribution is 2.39. The highest BCUT2D eigenvalue weighted by molar-refractivity contribution is 7.15. The summed E-state index contributed by atoms with van der Waals surface area (Å²) in [6.07, 6.45) is 7.79. The van der Waals surface area contributed by atoms with Crippen LogP contribution >= 0.6 is 11.3 Å². The molecule has 2 heterocycles. The average Bonchev–Trinajstić information content (AvgIpc) is 3.06. The van der Waals surface area contributed by atoms with Gasteiger partial charge < -0.3 is 10.2 Å². The van der Waals surface area contributed by atoms with Crippen LogP contribution in [0, 0.1) is 5.92 Å². The van der Waals surface area contributed by atoms with Crippen molar-refractivity contribution in [3.63, 3.8) is 0 Å². The minimum Gasteiger partial charge on any atom is -0.348 e. The van der Waals surface area contributed by atoms with Crippen LogP contribution in [0.3, 0.4) is 0 Å². The van der Waals surface area contributed by atoms with Gasteiger partial charge in [-0.15, -0.1) is 0 Å². The van der Waals surface area contributed by atoms with Crippen LogP contribution in [0.15, 0.2) is 0 Å². The summed E-state index contributed by atoms with van der Waals surface area (Å²) >= 11 is 1.95. The number of aryl methyl sites for hydroxylation is 1. The Labute approximate surface area is 126 Å². The number of thiazole rings is 1. The molecule has 1 aromatic rings. The van der Waals surface area contributed by atoms with Gasteiger partial charge in [-0.05, 0) is 44.6 Å². The van der Waals surface area contributed by atoms with E-state index in [9.17, 15) is 0 Å². The molecule has 1 aliphatic carbocycles. The van der Waals surface area contributed by atoms with Gasteiger partial charge >= 0.3 is 0 Å². The van der Waals surface area contributed by atoms with Crippen molar-refractivity contribution in [2.75, 3.05) is 24.5 Å². The summed E-state index contributed by atoms with van der Waals surface area (Å²) in [6, 6.07) is 0.559. The fourth-order valence-corrected chi connectivity index (χ4v) is 4.89. The fourth-order valence-electron chi connectivity index (χ4n) is 3.63. The van der Waals surface area contributed by atoms with E-state index in [-0.39, 0.29) is 0 Å². The molecule has 0 spiro atoms. The first-order chi connectivity index (χ1) is 9.81. The molecule has 1 aliphatic heterocycles. The molecule has 0 aromatic carbocycles. The lowest BCUT2D eigenvalue weighted by Crippen LogP contribution is -2.23. The Hall–Kier alpha value is -0.610. The lowest BCUT2D eigenvalue weighted by atomic mass is 9.98. The molecule has 4 heteroatoms. The van der Waals surface area contributed by atoms with Crippen LogP contribution in [0.5, 0.6) is 0 Å². The Morgan fingerprint density at radius 1 is 1.35 bits per heavy atom. The minimum atomic E-state index is 0.559. The van der Waals surface area contributed by atoms with Gasteiger partial charge in [0.1, 0.15) is 0 Å². The lowest BCUT2D eigenvalue weighted by molar-refractivity contribution is 0.476. The molecule has 2 atom stereocenters. The van der Waals surface area contributed by atoms with Crippen molar-refractivity contribution in [3.8, 4) is 0 Å². The van der Waals surface area contributed by atoms with E-state index in [1.54, 1.807) is 0 Å². The molecule has 3 nitrogen and oxygen atoms in total. The zero-order valence-corrected chi connectivity index (χ0v) is 13.6. The maximum Gasteiger partial charge on any atom is 0.185 e. The second-order valence-electron chi connectivity index (χ2n) is 6.20. The first-order valence-electron chi connectivity index (χ1n) is 8.29. The molecule has 0 amide bonds. The third-order valence-corrected chi connectivity index (χ3v) is 5.92. The first kappa shape index (κ1) is 14.3. The molecule has 1 saturated heterocycles. The van der Waals surface area contributed by atoms with Crippen molar-refractivity contribution in [1.82, 2.24) is 10.3 Å². The molecular formula is C16H27N3S. The van der Waals surface area contributed by atoms with Gasteiger partial charge in [0.2, 0.25) is 0 Å². The van der Waals surface area contributed by atoms with Gasteiger partial charge in [-0.25, -0.2) is 4.98 Å². The van der Waals surface area contributed by atoms with Gasteiger partial charge in [0, 0.05) is 24.0 Å². The van der Waals surface area contributed by atoms with Gasteiger partial charge in [-0.2, -0.15) is 0 Å². The maximum atomic E-state index is 4.96. The number of rotatable bonds is 5. The fraction of sp³-hybridized carbons (Fsp3) is 0.812. The van der Waals surface area contributed by atoms with Crippen LogP contribution in [-0.4, -0.2) is 24.6 Å². The van der Waals surface area contributed by atoms with Gasteiger partial charge in [0.05, 0.1) is 5.69 Å². The molecule has 0 saturated carbocycles. The average molecular weight is 293 g/mol. The highest BCUT2D eigenvalue weighted by atomic mass is 32.1. The number of anilines is 1. The van der Waals surface area contributed by atoms with E-state index < -0.39 is 0 Å². The molecule has 112 valence electrons. The summed E-state index contributed by atoms with van der Waals surface area (Å²) in [4.78, 5) is 9.02. The second kappa shape index (κ2) is 6.44. The quantitative estimate of drug-likeness (QED) is 0.896. The Balaban J connectivity index is 1.73. The molecule has 20 heavy (non-hydrogen) atoms. The van der Waals surface area contributed by atoms with Crippen LogP contribution in [0.1, 0.15) is 62.6 Å². The van der Waals surface area contributed by atoms with Crippen molar-refractivity contribution in [2.45, 2.75) is 58.4 Å². The summed E-state index contributed by atoms with van der Waals surface area (Å²) < 4.78 is 0. The van der Waals surface area contributed by atoms with Crippen LogP contribution < -0.4 is 10.2 Å². The van der Waals surface area contributed by atoms with Gasteiger partial charge in [-0.1, -0.05) is 31.6 Å². The molecule has 2 unspecified atom stereocenters. The lowest BCUT2D eigenvalue weighted by Gasteiger charge is -2.21. The van der Waals surface area contributed by atoms with E-state index in [0.717, 1.165) is 12.5 Å². The summed E-state index contributed by atoms with van der Waals surface area (Å²) in [6.45, 7) is 7.99. The number of nitrogens with zero attached hydrogens (tertiary/aromatic N) is 2. The Bertz CT molecular complexity index is 443. The molecule has 1 aromatic heterocycles. The van der Waals surface area contributed by atoms with Crippen LogP contribution in [-0.2, 0) is 6.42 Å². The normalized spacial score (nSPS) is 26.0. The van der Waals surface area contributed by atoms with Gasteiger partial charge in [0.15, 0.2) is 5.13 Å². The molecular weight excluding hydrogens is 266 g/mol. The van der Waals surface area contributed by atoms with Crippen molar-refractivity contribution < 1.29 is 0 Å². The van der Waals surface area contributed by atoms with Crippen LogP contribution in [0.2, 0.25) is 0 Å². The summed E-state index contributed by atoms with van der Waals surface area (Å²) in [5, 5.41) is 4.92. The SMILES string of the molecule is CCCC1CCN(c2nc3c(s2)C(NCC)CCC3)C1. The summed E-state index contributed by atoms with van der Waals surface area (Å²) in [7, 11) is 0.